The van der Waals surface area contributed by atoms with Crippen molar-refractivity contribution in [1.82, 2.24) is 4.98 Å². The first-order valence-corrected chi connectivity index (χ1v) is 6.48. The van der Waals surface area contributed by atoms with Crippen LogP contribution in [0.1, 0.15) is 36.9 Å². The zero-order valence-electron chi connectivity index (χ0n) is 11.9. The molecule has 0 aliphatic heterocycles. The van der Waals surface area contributed by atoms with E-state index in [0.29, 0.717) is 12.5 Å². The summed E-state index contributed by atoms with van der Waals surface area (Å²) in [7, 11) is 0. The van der Waals surface area contributed by atoms with Crippen LogP contribution >= 0.6 is 0 Å². The summed E-state index contributed by atoms with van der Waals surface area (Å²) in [4.78, 5) is 4.20. The third kappa shape index (κ3) is 2.79. The maximum Gasteiger partial charge on any atom is 0.211 e. The summed E-state index contributed by atoms with van der Waals surface area (Å²) >= 11 is 0. The molecule has 102 valence electrons. The van der Waals surface area contributed by atoms with E-state index in [9.17, 15) is 0 Å². The largest absolute Gasteiger partial charge is 0.494 e. The fourth-order valence-corrected chi connectivity index (χ4v) is 1.99. The van der Waals surface area contributed by atoms with E-state index in [1.807, 2.05) is 33.8 Å². The average molecular weight is 260 g/mol. The molecule has 0 bridgehead atoms. The lowest BCUT2D eigenvalue weighted by Crippen LogP contribution is -2.04. The first kappa shape index (κ1) is 13.6. The molecule has 4 nitrogen and oxygen atoms in total. The number of aromatic nitrogens is 1. The van der Waals surface area contributed by atoms with Crippen molar-refractivity contribution in [3.05, 3.63) is 35.3 Å². The van der Waals surface area contributed by atoms with Gasteiger partial charge in [-0.1, -0.05) is 0 Å². The quantitative estimate of drug-likeness (QED) is 0.915. The molecule has 1 aromatic carbocycles. The monoisotopic (exact) mass is 260 g/mol. The Balaban J connectivity index is 2.41. The minimum atomic E-state index is -0.196. The lowest BCUT2D eigenvalue weighted by molar-refractivity contribution is 0.337. The molecule has 0 radical (unpaired) electrons. The van der Waals surface area contributed by atoms with Crippen molar-refractivity contribution >= 4 is 0 Å². The smallest absolute Gasteiger partial charge is 0.211 e. The molecule has 1 heterocycles. The normalized spacial score (nSPS) is 12.5. The molecule has 1 atom stereocenters. The van der Waals surface area contributed by atoms with Crippen LogP contribution in [0.2, 0.25) is 0 Å². The Labute approximate surface area is 113 Å². The zero-order chi connectivity index (χ0) is 14.0. The second kappa shape index (κ2) is 5.45. The highest BCUT2D eigenvalue weighted by atomic mass is 16.5. The molecule has 2 aromatic rings. The van der Waals surface area contributed by atoms with Crippen LogP contribution < -0.4 is 10.5 Å². The Morgan fingerprint density at radius 3 is 2.63 bits per heavy atom. The van der Waals surface area contributed by atoms with Crippen LogP contribution in [0.4, 0.5) is 0 Å². The summed E-state index contributed by atoms with van der Waals surface area (Å²) in [5.74, 6) is 2.22. The molecule has 2 rings (SSSR count). The Bertz CT molecular complexity index is 574. The first-order valence-electron chi connectivity index (χ1n) is 6.48. The van der Waals surface area contributed by atoms with Crippen molar-refractivity contribution in [3.8, 4) is 17.1 Å². The van der Waals surface area contributed by atoms with Gasteiger partial charge >= 0.3 is 0 Å². The fourth-order valence-electron chi connectivity index (χ4n) is 1.99. The molecule has 0 saturated heterocycles. The van der Waals surface area contributed by atoms with E-state index in [-0.39, 0.29) is 6.04 Å². The van der Waals surface area contributed by atoms with E-state index in [2.05, 4.69) is 11.1 Å². The minimum Gasteiger partial charge on any atom is -0.494 e. The highest BCUT2D eigenvalue weighted by Crippen LogP contribution is 2.31. The van der Waals surface area contributed by atoms with Gasteiger partial charge in [0.25, 0.3) is 0 Å². The van der Waals surface area contributed by atoms with Crippen LogP contribution in [0, 0.1) is 13.8 Å². The molecule has 1 aromatic heterocycles. The summed E-state index contributed by atoms with van der Waals surface area (Å²) in [6, 6.07) is 3.89. The second-order valence-electron chi connectivity index (χ2n) is 4.72. The topological polar surface area (TPSA) is 61.3 Å². The Morgan fingerprint density at radius 2 is 2.05 bits per heavy atom. The van der Waals surface area contributed by atoms with E-state index in [1.165, 1.54) is 0 Å². The molecule has 0 fully saturated rings. The van der Waals surface area contributed by atoms with Crippen LogP contribution in [0.25, 0.3) is 11.3 Å². The van der Waals surface area contributed by atoms with Crippen LogP contribution in [-0.4, -0.2) is 11.6 Å². The number of hydrogen-bond donors (Lipinski definition) is 1. The molecule has 2 N–H and O–H groups in total. The molecule has 0 aliphatic carbocycles. The van der Waals surface area contributed by atoms with Gasteiger partial charge in [0.05, 0.1) is 18.8 Å². The van der Waals surface area contributed by atoms with Gasteiger partial charge in [-0.05, 0) is 51.0 Å². The summed E-state index contributed by atoms with van der Waals surface area (Å²) in [5, 5.41) is 0. The van der Waals surface area contributed by atoms with Gasteiger partial charge in [0.1, 0.15) is 5.75 Å². The van der Waals surface area contributed by atoms with Gasteiger partial charge in [0.15, 0.2) is 5.76 Å². The van der Waals surface area contributed by atoms with Crippen molar-refractivity contribution in [3.63, 3.8) is 0 Å². The highest BCUT2D eigenvalue weighted by molar-refractivity contribution is 5.64. The first-order chi connectivity index (χ1) is 9.02. The Morgan fingerprint density at radius 1 is 1.32 bits per heavy atom. The van der Waals surface area contributed by atoms with Gasteiger partial charge in [0, 0.05) is 5.56 Å². The van der Waals surface area contributed by atoms with E-state index in [4.69, 9.17) is 14.9 Å². The van der Waals surface area contributed by atoms with Crippen LogP contribution in [-0.2, 0) is 0 Å². The fraction of sp³-hybridized carbons (Fsp3) is 0.400. The maximum absolute atomic E-state index is 5.76. The van der Waals surface area contributed by atoms with Crippen LogP contribution in [0.3, 0.4) is 0 Å². The third-order valence-electron chi connectivity index (χ3n) is 3.00. The maximum atomic E-state index is 5.76. The van der Waals surface area contributed by atoms with Gasteiger partial charge in [-0.3, -0.25) is 0 Å². The van der Waals surface area contributed by atoms with Crippen LogP contribution in [0.15, 0.2) is 22.7 Å². The van der Waals surface area contributed by atoms with E-state index in [0.717, 1.165) is 28.2 Å². The SMILES string of the molecule is CCOc1cc(C)c(-c2cnc(C(C)N)o2)cc1C. The molecular formula is C15H20N2O2. The van der Waals surface area contributed by atoms with Crippen molar-refractivity contribution in [2.24, 2.45) is 5.73 Å². The summed E-state index contributed by atoms with van der Waals surface area (Å²) in [5.41, 5.74) is 8.97. The number of benzene rings is 1. The second-order valence-corrected chi connectivity index (χ2v) is 4.72. The number of aryl methyl sites for hydroxylation is 2. The molecule has 4 heteroatoms. The molecular weight excluding hydrogens is 240 g/mol. The number of nitrogens with two attached hydrogens (primary N) is 1. The number of hydrogen-bond acceptors (Lipinski definition) is 4. The molecule has 1 unspecified atom stereocenters. The predicted octanol–water partition coefficient (Wildman–Crippen LogP) is 3.38. The van der Waals surface area contributed by atoms with E-state index >= 15 is 0 Å². The molecule has 0 saturated carbocycles. The van der Waals surface area contributed by atoms with E-state index in [1.54, 1.807) is 6.20 Å². The summed E-state index contributed by atoms with van der Waals surface area (Å²) in [6.45, 7) is 8.55. The average Bonchev–Trinajstić information content (AvgIpc) is 2.83. The van der Waals surface area contributed by atoms with Crippen LogP contribution in [0.5, 0.6) is 5.75 Å². The van der Waals surface area contributed by atoms with Gasteiger partial charge in [-0.25, -0.2) is 4.98 Å². The van der Waals surface area contributed by atoms with Crippen molar-refractivity contribution in [1.29, 1.82) is 0 Å². The van der Waals surface area contributed by atoms with Gasteiger partial charge in [-0.15, -0.1) is 0 Å². The molecule has 19 heavy (non-hydrogen) atoms. The standard InChI is InChI=1S/C15H20N2O2/c1-5-18-13-7-9(2)12(6-10(13)3)14-8-17-15(19-14)11(4)16/h6-8,11H,5,16H2,1-4H3. The lowest BCUT2D eigenvalue weighted by Gasteiger charge is -2.11. The number of ether oxygens (including phenoxy) is 1. The van der Waals surface area contributed by atoms with Crippen molar-refractivity contribution < 1.29 is 9.15 Å². The molecule has 0 aliphatic rings. The Hall–Kier alpha value is -1.81. The predicted molar refractivity (Wildman–Crippen MR) is 75.2 cm³/mol. The summed E-state index contributed by atoms with van der Waals surface area (Å²) in [6.07, 6.45) is 1.72. The lowest BCUT2D eigenvalue weighted by atomic mass is 10.0. The van der Waals surface area contributed by atoms with Gasteiger partial charge in [-0.2, -0.15) is 0 Å². The molecule has 0 amide bonds. The number of rotatable bonds is 4. The highest BCUT2D eigenvalue weighted by Gasteiger charge is 2.13. The Kier molecular flexibility index (Phi) is 3.90. The number of nitrogens with zero attached hydrogens (tertiary/aromatic N) is 1. The van der Waals surface area contributed by atoms with Gasteiger partial charge < -0.3 is 14.9 Å². The number of oxazole rings is 1. The van der Waals surface area contributed by atoms with Crippen molar-refractivity contribution in [2.45, 2.75) is 33.7 Å². The summed E-state index contributed by atoms with van der Waals surface area (Å²) < 4.78 is 11.3. The van der Waals surface area contributed by atoms with E-state index < -0.39 is 0 Å². The van der Waals surface area contributed by atoms with Crippen molar-refractivity contribution in [2.75, 3.05) is 6.61 Å². The molecule has 0 spiro atoms. The third-order valence-corrected chi connectivity index (χ3v) is 3.00. The zero-order valence-corrected chi connectivity index (χ0v) is 11.9. The minimum absolute atomic E-state index is 0.196. The van der Waals surface area contributed by atoms with Gasteiger partial charge in [0.2, 0.25) is 5.89 Å².